The van der Waals surface area contributed by atoms with Crippen molar-refractivity contribution in [1.82, 2.24) is 4.90 Å². The largest absolute Gasteiger partial charge is 0.312 e. The Labute approximate surface area is 78.8 Å². The standard InChI is InChI=1S/C4H11NO.C3H9N.2CH4/c1-4(2,3)6-5;1-4(2)3;;/h5H2,1-3H3;1-3H3;2*1H4. The average Bonchev–Trinajstić information content (AvgIpc) is 1.63. The third-order valence-corrected chi connectivity index (χ3v) is 0.354. The van der Waals surface area contributed by atoms with Crippen LogP contribution in [0.5, 0.6) is 0 Å². The number of nitrogens with two attached hydrogens (primary N) is 1. The van der Waals surface area contributed by atoms with Crippen LogP contribution in [-0.2, 0) is 4.84 Å². The molecule has 0 fully saturated rings. The molecule has 0 aliphatic carbocycles. The Kier molecular flexibility index (Phi) is 20.5. The second-order valence-electron chi connectivity index (χ2n) is 3.57. The van der Waals surface area contributed by atoms with E-state index in [1.807, 2.05) is 46.8 Å². The van der Waals surface area contributed by atoms with Gasteiger partial charge in [0, 0.05) is 0 Å². The summed E-state index contributed by atoms with van der Waals surface area (Å²) in [6.45, 7) is 5.69. The summed E-state index contributed by atoms with van der Waals surface area (Å²) in [6.07, 6.45) is 0. The van der Waals surface area contributed by atoms with E-state index in [4.69, 9.17) is 5.90 Å². The van der Waals surface area contributed by atoms with Crippen LogP contribution in [0.3, 0.4) is 0 Å². The molecule has 0 aliphatic rings. The smallest absolute Gasteiger partial charge is 0.0810 e. The lowest BCUT2D eigenvalue weighted by molar-refractivity contribution is -0.00428. The number of hydrogen-bond donors (Lipinski definition) is 1. The Morgan fingerprint density at radius 3 is 1.08 bits per heavy atom. The summed E-state index contributed by atoms with van der Waals surface area (Å²) in [5, 5.41) is 0. The predicted octanol–water partition coefficient (Wildman–Crippen LogP) is 2.13. The van der Waals surface area contributed by atoms with E-state index in [2.05, 4.69) is 4.84 Å². The summed E-state index contributed by atoms with van der Waals surface area (Å²) in [4.78, 5) is 6.44. The van der Waals surface area contributed by atoms with Gasteiger partial charge in [0.15, 0.2) is 0 Å². The maximum atomic E-state index is 4.81. The van der Waals surface area contributed by atoms with E-state index in [0.717, 1.165) is 0 Å². The fourth-order valence-corrected chi connectivity index (χ4v) is 0. The molecule has 0 bridgehead atoms. The van der Waals surface area contributed by atoms with E-state index in [1.165, 1.54) is 0 Å². The molecular weight excluding hydrogens is 152 g/mol. The highest BCUT2D eigenvalue weighted by molar-refractivity contribution is 4.54. The highest BCUT2D eigenvalue weighted by Gasteiger charge is 2.05. The zero-order chi connectivity index (χ0) is 8.78. The highest BCUT2D eigenvalue weighted by atomic mass is 16.6. The Hall–Kier alpha value is -0.120. The first-order valence-electron chi connectivity index (χ1n) is 3.28. The van der Waals surface area contributed by atoms with E-state index in [0.29, 0.717) is 0 Å². The van der Waals surface area contributed by atoms with Crippen molar-refractivity contribution in [3.8, 4) is 0 Å². The van der Waals surface area contributed by atoms with E-state index < -0.39 is 0 Å². The average molecular weight is 180 g/mol. The van der Waals surface area contributed by atoms with Crippen LogP contribution in [0.25, 0.3) is 0 Å². The van der Waals surface area contributed by atoms with Gasteiger partial charge in [0.25, 0.3) is 0 Å². The second kappa shape index (κ2) is 10.9. The summed E-state index contributed by atoms with van der Waals surface area (Å²) in [7, 11) is 6.00. The molecule has 0 aromatic rings. The van der Waals surface area contributed by atoms with E-state index in [-0.39, 0.29) is 20.5 Å². The van der Waals surface area contributed by atoms with Gasteiger partial charge in [0.05, 0.1) is 5.60 Å². The number of hydrogen-bond acceptors (Lipinski definition) is 3. The maximum Gasteiger partial charge on any atom is 0.0810 e. The summed E-state index contributed by atoms with van der Waals surface area (Å²) in [5.41, 5.74) is -0.181. The van der Waals surface area contributed by atoms with Crippen LogP contribution in [0.15, 0.2) is 0 Å². The SMILES string of the molecule is C.C.CC(C)(C)ON.CN(C)C. The Morgan fingerprint density at radius 1 is 1.00 bits per heavy atom. The van der Waals surface area contributed by atoms with Gasteiger partial charge in [-0.3, -0.25) is 4.84 Å². The Morgan fingerprint density at radius 2 is 1.08 bits per heavy atom. The molecule has 0 aliphatic heterocycles. The Bertz CT molecular complexity index is 64.7. The molecule has 0 amide bonds. The number of nitrogens with zero attached hydrogens (tertiary/aromatic N) is 1. The van der Waals surface area contributed by atoms with Crippen molar-refractivity contribution < 1.29 is 4.84 Å². The van der Waals surface area contributed by atoms with Crippen LogP contribution in [0.4, 0.5) is 0 Å². The molecule has 3 nitrogen and oxygen atoms in total. The predicted molar refractivity (Wildman–Crippen MR) is 58.1 cm³/mol. The molecule has 0 saturated heterocycles. The molecule has 0 aromatic heterocycles. The van der Waals surface area contributed by atoms with Gasteiger partial charge in [-0.2, -0.15) is 0 Å². The fourth-order valence-electron chi connectivity index (χ4n) is 0. The molecule has 0 unspecified atom stereocenters. The molecule has 12 heavy (non-hydrogen) atoms. The second-order valence-corrected chi connectivity index (χ2v) is 3.57. The molecule has 0 spiro atoms. The molecule has 0 heterocycles. The van der Waals surface area contributed by atoms with Gasteiger partial charge in [-0.05, 0) is 41.9 Å². The van der Waals surface area contributed by atoms with Crippen molar-refractivity contribution in [2.75, 3.05) is 21.1 Å². The first-order valence-corrected chi connectivity index (χ1v) is 3.28. The van der Waals surface area contributed by atoms with Gasteiger partial charge >= 0.3 is 0 Å². The molecular formula is C9H28N2O. The fraction of sp³-hybridized carbons (Fsp3) is 1.00. The van der Waals surface area contributed by atoms with Crippen molar-refractivity contribution in [2.24, 2.45) is 5.90 Å². The van der Waals surface area contributed by atoms with E-state index >= 15 is 0 Å². The van der Waals surface area contributed by atoms with Gasteiger partial charge < -0.3 is 4.90 Å². The minimum atomic E-state index is -0.181. The van der Waals surface area contributed by atoms with Gasteiger partial charge in [0.1, 0.15) is 0 Å². The van der Waals surface area contributed by atoms with E-state index in [1.54, 1.807) is 0 Å². The van der Waals surface area contributed by atoms with Crippen molar-refractivity contribution in [3.63, 3.8) is 0 Å². The highest BCUT2D eigenvalue weighted by Crippen LogP contribution is 2.00. The van der Waals surface area contributed by atoms with Crippen molar-refractivity contribution in [1.29, 1.82) is 0 Å². The van der Waals surface area contributed by atoms with Gasteiger partial charge in [-0.25, -0.2) is 5.90 Å². The molecule has 0 aromatic carbocycles. The normalized spacial score (nSPS) is 9.00. The maximum absolute atomic E-state index is 4.81. The summed E-state index contributed by atoms with van der Waals surface area (Å²) >= 11 is 0. The first-order chi connectivity index (χ1) is 4.29. The quantitative estimate of drug-likeness (QED) is 0.580. The lowest BCUT2D eigenvalue weighted by atomic mass is 10.2. The van der Waals surface area contributed by atoms with Crippen LogP contribution < -0.4 is 5.90 Å². The first kappa shape index (κ1) is 22.6. The molecule has 0 radical (unpaired) electrons. The van der Waals surface area contributed by atoms with Crippen LogP contribution >= 0.6 is 0 Å². The summed E-state index contributed by atoms with van der Waals surface area (Å²) < 4.78 is 0. The van der Waals surface area contributed by atoms with Crippen molar-refractivity contribution in [2.45, 2.75) is 41.2 Å². The molecule has 0 atom stereocenters. The van der Waals surface area contributed by atoms with Crippen LogP contribution in [0.1, 0.15) is 35.6 Å². The van der Waals surface area contributed by atoms with Crippen LogP contribution in [0, 0.1) is 0 Å². The van der Waals surface area contributed by atoms with Gasteiger partial charge in [-0.1, -0.05) is 14.9 Å². The van der Waals surface area contributed by atoms with Gasteiger partial charge in [-0.15, -0.1) is 0 Å². The van der Waals surface area contributed by atoms with Crippen LogP contribution in [0.2, 0.25) is 0 Å². The molecule has 0 rings (SSSR count). The summed E-state index contributed by atoms with van der Waals surface area (Å²) in [5.74, 6) is 4.81. The lowest BCUT2D eigenvalue weighted by Gasteiger charge is -2.12. The third kappa shape index (κ3) is 93.9. The number of rotatable bonds is 0. The van der Waals surface area contributed by atoms with E-state index in [9.17, 15) is 0 Å². The topological polar surface area (TPSA) is 38.5 Å². The van der Waals surface area contributed by atoms with Crippen LogP contribution in [-0.4, -0.2) is 31.6 Å². The molecule has 2 N–H and O–H groups in total. The molecule has 80 valence electrons. The van der Waals surface area contributed by atoms with Crippen molar-refractivity contribution in [3.05, 3.63) is 0 Å². The van der Waals surface area contributed by atoms with Crippen molar-refractivity contribution >= 4 is 0 Å². The minimum absolute atomic E-state index is 0. The molecule has 3 heteroatoms. The van der Waals surface area contributed by atoms with Gasteiger partial charge in [0.2, 0.25) is 0 Å². The zero-order valence-corrected chi connectivity index (χ0v) is 7.93. The molecule has 0 saturated carbocycles. The third-order valence-electron chi connectivity index (χ3n) is 0.354. The minimum Gasteiger partial charge on any atom is -0.312 e. The lowest BCUT2D eigenvalue weighted by Crippen LogP contribution is -2.22. The zero-order valence-electron chi connectivity index (χ0n) is 7.93. The summed E-state index contributed by atoms with van der Waals surface area (Å²) in [6, 6.07) is 0. The monoisotopic (exact) mass is 180 g/mol. The Balaban J connectivity index is -0.0000000483.